The first-order chi connectivity index (χ1) is 15.6. The Labute approximate surface area is 189 Å². The van der Waals surface area contributed by atoms with Crippen molar-refractivity contribution in [3.05, 3.63) is 71.4 Å². The molecule has 5 nitrogen and oxygen atoms in total. The van der Waals surface area contributed by atoms with Crippen molar-refractivity contribution in [2.45, 2.75) is 38.3 Å². The Morgan fingerprint density at radius 2 is 2.06 bits per heavy atom. The van der Waals surface area contributed by atoms with Gasteiger partial charge >= 0.3 is 0 Å². The van der Waals surface area contributed by atoms with Crippen LogP contribution in [0.1, 0.15) is 37.8 Å². The fourth-order valence-corrected chi connectivity index (χ4v) is 5.15. The number of nitrogens with two attached hydrogens (primary N) is 1. The van der Waals surface area contributed by atoms with Crippen molar-refractivity contribution in [2.24, 2.45) is 16.1 Å². The van der Waals surface area contributed by atoms with Gasteiger partial charge in [-0.3, -0.25) is 0 Å². The molecule has 164 valence electrons. The van der Waals surface area contributed by atoms with Gasteiger partial charge in [0.1, 0.15) is 24.0 Å². The van der Waals surface area contributed by atoms with Crippen LogP contribution in [-0.4, -0.2) is 31.9 Å². The van der Waals surface area contributed by atoms with Crippen LogP contribution < -0.4 is 10.5 Å². The zero-order valence-corrected chi connectivity index (χ0v) is 18.6. The first kappa shape index (κ1) is 20.7. The van der Waals surface area contributed by atoms with E-state index in [-0.39, 0.29) is 17.5 Å². The lowest BCUT2D eigenvalue weighted by Gasteiger charge is -2.57. The second-order valence-electron chi connectivity index (χ2n) is 8.69. The lowest BCUT2D eigenvalue weighted by atomic mass is 9.59. The molecule has 5 rings (SSSR count). The van der Waals surface area contributed by atoms with E-state index in [2.05, 4.69) is 49.1 Å². The van der Waals surface area contributed by atoms with E-state index in [1.165, 1.54) is 0 Å². The zero-order valence-electron chi connectivity index (χ0n) is 18.6. The highest BCUT2D eigenvalue weighted by Gasteiger charge is 2.67. The predicted molar refractivity (Wildman–Crippen MR) is 126 cm³/mol. The van der Waals surface area contributed by atoms with E-state index >= 15 is 0 Å². The summed E-state index contributed by atoms with van der Waals surface area (Å²) < 4.78 is 18.1. The lowest BCUT2D eigenvalue weighted by molar-refractivity contribution is -0.217. The van der Waals surface area contributed by atoms with Crippen molar-refractivity contribution in [2.75, 3.05) is 19.8 Å². The van der Waals surface area contributed by atoms with Crippen molar-refractivity contribution in [1.82, 2.24) is 0 Å². The summed E-state index contributed by atoms with van der Waals surface area (Å²) in [5, 5.41) is 0. The van der Waals surface area contributed by atoms with Gasteiger partial charge in [0, 0.05) is 11.1 Å². The van der Waals surface area contributed by atoms with Gasteiger partial charge in [-0.1, -0.05) is 49.6 Å². The van der Waals surface area contributed by atoms with E-state index in [4.69, 9.17) is 24.9 Å². The molecule has 32 heavy (non-hydrogen) atoms. The molecule has 4 aliphatic rings. The number of aliphatic imine (C=N–C) groups is 1. The van der Waals surface area contributed by atoms with Crippen LogP contribution in [0.25, 0.3) is 5.57 Å². The maximum atomic E-state index is 6.57. The summed E-state index contributed by atoms with van der Waals surface area (Å²) in [6.07, 6.45) is 14.3. The number of fused-ring (bicyclic) bond motifs is 3. The molecular formula is C27H28N2O3. The maximum Gasteiger partial charge on any atom is 0.283 e. The van der Waals surface area contributed by atoms with Crippen LogP contribution in [0.2, 0.25) is 0 Å². The smallest absolute Gasteiger partial charge is 0.283 e. The second-order valence-corrected chi connectivity index (χ2v) is 8.69. The normalized spacial score (nSPS) is 32.2. The summed E-state index contributed by atoms with van der Waals surface area (Å²) in [7, 11) is 0. The van der Waals surface area contributed by atoms with Gasteiger partial charge < -0.3 is 19.9 Å². The highest BCUT2D eigenvalue weighted by atomic mass is 16.5. The van der Waals surface area contributed by atoms with Crippen LogP contribution in [0, 0.1) is 17.3 Å². The van der Waals surface area contributed by atoms with Crippen LogP contribution in [0.5, 0.6) is 5.75 Å². The molecule has 1 fully saturated rings. The predicted octanol–water partition coefficient (Wildman–Crippen LogP) is 4.26. The van der Waals surface area contributed by atoms with E-state index in [1.807, 2.05) is 31.2 Å². The molecule has 2 atom stereocenters. The maximum absolute atomic E-state index is 6.57. The Kier molecular flexibility index (Phi) is 5.19. The van der Waals surface area contributed by atoms with Gasteiger partial charge in [-0.15, -0.1) is 5.92 Å². The van der Waals surface area contributed by atoms with Crippen LogP contribution in [0.3, 0.4) is 0 Å². The number of nitrogens with zero attached hydrogens (tertiary/aromatic N) is 1. The summed E-state index contributed by atoms with van der Waals surface area (Å²) in [6, 6.07) is 6.58. The Morgan fingerprint density at radius 1 is 1.19 bits per heavy atom. The molecule has 1 aliphatic carbocycles. The Bertz CT molecular complexity index is 1140. The molecule has 0 bridgehead atoms. The average Bonchev–Trinajstić information content (AvgIpc) is 3.11. The molecule has 2 unspecified atom stereocenters. The third-order valence-corrected chi connectivity index (χ3v) is 6.82. The Hall–Kier alpha value is -3.23. The standard InChI is InChI=1S/C27H28N2O3/c1-3-8-19-10-6-5-7-11-20(14-19)21-12-13-23-22(15-21)27(18-31-25(28)29-27)26(16-30-17-26)24(32-23)9-4-2/h5-7,10-15,24H,4,9,16-18H2,1-2H3,(H2,28,29)/b6-5?,7-5+,10-6+,11-7?,19-10?,19-14-,20-11+,20-14?. The summed E-state index contributed by atoms with van der Waals surface area (Å²) in [6.45, 7) is 5.62. The molecule has 5 heteroatoms. The summed E-state index contributed by atoms with van der Waals surface area (Å²) in [5.41, 5.74) is 9.33. The molecule has 3 heterocycles. The molecular weight excluding hydrogens is 400 g/mol. The topological polar surface area (TPSA) is 66.1 Å². The van der Waals surface area contributed by atoms with Crippen LogP contribution in [0.4, 0.5) is 0 Å². The molecule has 2 N–H and O–H groups in total. The highest BCUT2D eigenvalue weighted by molar-refractivity contribution is 5.80. The first-order valence-electron chi connectivity index (χ1n) is 11.2. The van der Waals surface area contributed by atoms with Gasteiger partial charge in [0.25, 0.3) is 6.02 Å². The summed E-state index contributed by atoms with van der Waals surface area (Å²) >= 11 is 0. The molecule has 0 radical (unpaired) electrons. The summed E-state index contributed by atoms with van der Waals surface area (Å²) in [5.74, 6) is 7.01. The minimum Gasteiger partial charge on any atom is -0.489 e. The number of hydrogen-bond donors (Lipinski definition) is 1. The third kappa shape index (κ3) is 3.10. The number of ether oxygens (including phenoxy) is 3. The molecule has 0 amide bonds. The Morgan fingerprint density at radius 3 is 2.75 bits per heavy atom. The quantitative estimate of drug-likeness (QED) is 0.731. The van der Waals surface area contributed by atoms with Gasteiger partial charge in [-0.2, -0.15) is 0 Å². The van der Waals surface area contributed by atoms with Gasteiger partial charge in [0.05, 0.1) is 18.6 Å². The fourth-order valence-electron chi connectivity index (χ4n) is 5.15. The van der Waals surface area contributed by atoms with E-state index in [1.54, 1.807) is 0 Å². The number of hydrogen-bond acceptors (Lipinski definition) is 5. The van der Waals surface area contributed by atoms with Gasteiger partial charge in [0.15, 0.2) is 0 Å². The summed E-state index contributed by atoms with van der Waals surface area (Å²) in [4.78, 5) is 4.92. The van der Waals surface area contributed by atoms with Crippen LogP contribution in [0.15, 0.2) is 65.2 Å². The molecule has 1 aromatic rings. The van der Waals surface area contributed by atoms with Crippen molar-refractivity contribution in [1.29, 1.82) is 0 Å². The average molecular weight is 429 g/mol. The van der Waals surface area contributed by atoms with Crippen molar-refractivity contribution in [3.63, 3.8) is 0 Å². The minimum atomic E-state index is -0.605. The third-order valence-electron chi connectivity index (χ3n) is 6.82. The molecule has 1 aromatic carbocycles. The van der Waals surface area contributed by atoms with Gasteiger partial charge in [-0.25, -0.2) is 4.99 Å². The van der Waals surface area contributed by atoms with Gasteiger partial charge in [0.2, 0.25) is 0 Å². The molecule has 1 saturated heterocycles. The van der Waals surface area contributed by atoms with Crippen molar-refractivity contribution >= 4 is 11.6 Å². The highest BCUT2D eigenvalue weighted by Crippen LogP contribution is 2.59. The van der Waals surface area contributed by atoms with E-state index in [0.29, 0.717) is 19.8 Å². The van der Waals surface area contributed by atoms with Crippen molar-refractivity contribution in [3.8, 4) is 17.6 Å². The number of amidine groups is 1. The van der Waals surface area contributed by atoms with Crippen molar-refractivity contribution < 1.29 is 14.2 Å². The number of allylic oxidation sites excluding steroid dienone is 8. The molecule has 3 aliphatic heterocycles. The number of benzene rings is 1. The van der Waals surface area contributed by atoms with Crippen LogP contribution >= 0.6 is 0 Å². The molecule has 0 aromatic heterocycles. The SMILES string of the molecule is CC#CC1=C/C(c2ccc3c(c2)C2(COC(N)=N2)C2(COC2)C(CCC)O3)=C\C=C\C=C\1. The number of rotatable bonds is 3. The Balaban J connectivity index is 1.66. The zero-order chi connectivity index (χ0) is 22.2. The molecule has 0 saturated carbocycles. The van der Waals surface area contributed by atoms with E-state index < -0.39 is 5.54 Å². The molecule has 2 spiro atoms. The lowest BCUT2D eigenvalue weighted by Crippen LogP contribution is -2.67. The van der Waals surface area contributed by atoms with E-state index in [0.717, 1.165) is 40.9 Å². The fraction of sp³-hybridized carbons (Fsp3) is 0.370. The second kappa shape index (κ2) is 8.03. The van der Waals surface area contributed by atoms with Crippen LogP contribution in [-0.2, 0) is 15.0 Å². The largest absolute Gasteiger partial charge is 0.489 e. The minimum absolute atomic E-state index is 0.0119. The first-order valence-corrected chi connectivity index (χ1v) is 11.2. The van der Waals surface area contributed by atoms with Gasteiger partial charge in [-0.05, 0) is 48.8 Å². The monoisotopic (exact) mass is 428 g/mol. The van der Waals surface area contributed by atoms with E-state index in [9.17, 15) is 0 Å².